The monoisotopic (exact) mass is 202 g/mol. The number of nitrogens with zero attached hydrogens (tertiary/aromatic N) is 1. The summed E-state index contributed by atoms with van der Waals surface area (Å²) in [5.41, 5.74) is 0. The van der Waals surface area contributed by atoms with Crippen LogP contribution in [0.1, 0.15) is 20.8 Å². The van der Waals surface area contributed by atoms with E-state index in [1.807, 2.05) is 7.05 Å². The molecule has 1 aliphatic rings. The van der Waals surface area contributed by atoms with Crippen molar-refractivity contribution in [2.45, 2.75) is 37.3 Å². The van der Waals surface area contributed by atoms with Gasteiger partial charge in [0.15, 0.2) is 0 Å². The molecule has 0 bridgehead atoms. The van der Waals surface area contributed by atoms with Crippen molar-refractivity contribution in [1.29, 1.82) is 0 Å². The Kier molecular flexibility index (Phi) is 4.56. The Labute approximate surface area is 86.5 Å². The fraction of sp³-hybridized carbons (Fsp3) is 1.00. The van der Waals surface area contributed by atoms with Gasteiger partial charge in [-0.1, -0.05) is 13.8 Å². The minimum atomic E-state index is 0.613. The van der Waals surface area contributed by atoms with Gasteiger partial charge in [0, 0.05) is 36.2 Å². The Balaban J connectivity index is 2.32. The molecule has 3 atom stereocenters. The lowest BCUT2D eigenvalue weighted by molar-refractivity contribution is 0.249. The predicted molar refractivity (Wildman–Crippen MR) is 61.5 cm³/mol. The summed E-state index contributed by atoms with van der Waals surface area (Å²) in [4.78, 5) is 2.58. The third-order valence-electron chi connectivity index (χ3n) is 2.52. The summed E-state index contributed by atoms with van der Waals surface area (Å²) >= 11 is 2.12. The zero-order chi connectivity index (χ0) is 9.84. The van der Waals surface area contributed by atoms with E-state index in [9.17, 15) is 0 Å². The number of thioether (sulfide) groups is 1. The molecule has 2 nitrogen and oxygen atoms in total. The molecule has 0 aromatic heterocycles. The summed E-state index contributed by atoms with van der Waals surface area (Å²) in [7, 11) is 2.04. The van der Waals surface area contributed by atoms with Crippen LogP contribution in [0, 0.1) is 0 Å². The first-order valence-corrected chi connectivity index (χ1v) is 6.11. The molecular weight excluding hydrogens is 180 g/mol. The highest BCUT2D eigenvalue weighted by Crippen LogP contribution is 2.24. The Morgan fingerprint density at radius 3 is 2.38 bits per heavy atom. The van der Waals surface area contributed by atoms with E-state index >= 15 is 0 Å². The van der Waals surface area contributed by atoms with E-state index in [-0.39, 0.29) is 0 Å². The van der Waals surface area contributed by atoms with Crippen LogP contribution in [0.5, 0.6) is 0 Å². The maximum Gasteiger partial charge on any atom is 0.0163 e. The van der Waals surface area contributed by atoms with Crippen LogP contribution in [0.4, 0.5) is 0 Å². The standard InChI is InChI=1S/C10H22N2S/c1-8(11-4)5-12-6-9(2)13-10(3)7-12/h8-11H,5-7H2,1-4H3/t8-,9?,10?/m0/s1. The van der Waals surface area contributed by atoms with E-state index < -0.39 is 0 Å². The normalized spacial score (nSPS) is 33.2. The zero-order valence-corrected chi connectivity index (χ0v) is 10.0. The van der Waals surface area contributed by atoms with Gasteiger partial charge >= 0.3 is 0 Å². The van der Waals surface area contributed by atoms with Gasteiger partial charge in [-0.25, -0.2) is 0 Å². The van der Waals surface area contributed by atoms with Crippen molar-refractivity contribution in [3.05, 3.63) is 0 Å². The minimum absolute atomic E-state index is 0.613. The summed E-state index contributed by atoms with van der Waals surface area (Å²) < 4.78 is 0. The van der Waals surface area contributed by atoms with E-state index in [4.69, 9.17) is 0 Å². The van der Waals surface area contributed by atoms with Crippen LogP contribution in [0.2, 0.25) is 0 Å². The molecule has 0 radical (unpaired) electrons. The quantitative estimate of drug-likeness (QED) is 0.745. The van der Waals surface area contributed by atoms with Crippen LogP contribution in [0.25, 0.3) is 0 Å². The highest BCUT2D eigenvalue weighted by Gasteiger charge is 2.22. The van der Waals surface area contributed by atoms with Crippen LogP contribution in [-0.2, 0) is 0 Å². The second kappa shape index (κ2) is 5.23. The molecule has 0 spiro atoms. The van der Waals surface area contributed by atoms with Gasteiger partial charge < -0.3 is 5.32 Å². The molecule has 1 saturated heterocycles. The molecule has 0 aromatic rings. The van der Waals surface area contributed by atoms with Gasteiger partial charge in [0.05, 0.1) is 0 Å². The van der Waals surface area contributed by atoms with Gasteiger partial charge in [0.25, 0.3) is 0 Å². The summed E-state index contributed by atoms with van der Waals surface area (Å²) in [6.45, 7) is 10.6. The average Bonchev–Trinajstić information content (AvgIpc) is 2.02. The van der Waals surface area contributed by atoms with Crippen molar-refractivity contribution >= 4 is 11.8 Å². The van der Waals surface area contributed by atoms with Gasteiger partial charge in [0.1, 0.15) is 0 Å². The first kappa shape index (κ1) is 11.3. The Morgan fingerprint density at radius 1 is 1.38 bits per heavy atom. The Morgan fingerprint density at radius 2 is 1.92 bits per heavy atom. The second-order valence-corrected chi connectivity index (χ2v) is 6.05. The van der Waals surface area contributed by atoms with Crippen molar-refractivity contribution in [2.24, 2.45) is 0 Å². The molecule has 1 heterocycles. The Hall–Kier alpha value is 0.270. The van der Waals surface area contributed by atoms with Crippen LogP contribution < -0.4 is 5.32 Å². The highest BCUT2D eigenvalue weighted by atomic mass is 32.2. The minimum Gasteiger partial charge on any atom is -0.316 e. The van der Waals surface area contributed by atoms with Crippen molar-refractivity contribution < 1.29 is 0 Å². The first-order chi connectivity index (χ1) is 6.11. The number of nitrogens with one attached hydrogen (secondary N) is 1. The van der Waals surface area contributed by atoms with Gasteiger partial charge in [-0.3, -0.25) is 4.90 Å². The third kappa shape index (κ3) is 3.88. The average molecular weight is 202 g/mol. The zero-order valence-electron chi connectivity index (χ0n) is 9.21. The van der Waals surface area contributed by atoms with Gasteiger partial charge in [-0.2, -0.15) is 11.8 Å². The molecule has 1 rings (SSSR count). The van der Waals surface area contributed by atoms with Crippen molar-refractivity contribution in [3.63, 3.8) is 0 Å². The molecule has 13 heavy (non-hydrogen) atoms. The summed E-state index contributed by atoms with van der Waals surface area (Å²) in [6.07, 6.45) is 0. The maximum absolute atomic E-state index is 3.29. The lowest BCUT2D eigenvalue weighted by atomic mass is 10.2. The molecule has 2 unspecified atom stereocenters. The number of likely N-dealkylation sites (N-methyl/N-ethyl adjacent to an activating group) is 1. The van der Waals surface area contributed by atoms with Crippen molar-refractivity contribution in [3.8, 4) is 0 Å². The predicted octanol–water partition coefficient (Wildman–Crippen LogP) is 1.42. The Bertz CT molecular complexity index is 142. The molecule has 1 aliphatic heterocycles. The summed E-state index contributed by atoms with van der Waals surface area (Å²) in [5, 5.41) is 4.89. The lowest BCUT2D eigenvalue weighted by Gasteiger charge is -2.35. The molecule has 78 valence electrons. The summed E-state index contributed by atoms with van der Waals surface area (Å²) in [6, 6.07) is 0.613. The molecule has 0 aromatic carbocycles. The van der Waals surface area contributed by atoms with Crippen LogP contribution in [-0.4, -0.2) is 48.1 Å². The molecule has 3 heteroatoms. The number of hydrogen-bond acceptors (Lipinski definition) is 3. The van der Waals surface area contributed by atoms with E-state index in [0.29, 0.717) is 6.04 Å². The van der Waals surface area contributed by atoms with Gasteiger partial charge in [0.2, 0.25) is 0 Å². The molecular formula is C10H22N2S. The van der Waals surface area contributed by atoms with E-state index in [1.54, 1.807) is 0 Å². The molecule has 0 amide bonds. The van der Waals surface area contributed by atoms with Crippen molar-refractivity contribution in [2.75, 3.05) is 26.7 Å². The number of rotatable bonds is 3. The first-order valence-electron chi connectivity index (χ1n) is 5.17. The maximum atomic E-state index is 3.29. The van der Waals surface area contributed by atoms with Crippen LogP contribution in [0.15, 0.2) is 0 Å². The summed E-state index contributed by atoms with van der Waals surface area (Å²) in [5.74, 6) is 0. The lowest BCUT2D eigenvalue weighted by Crippen LogP contribution is -2.46. The van der Waals surface area contributed by atoms with Gasteiger partial charge in [-0.15, -0.1) is 0 Å². The highest BCUT2D eigenvalue weighted by molar-refractivity contribution is 8.00. The van der Waals surface area contributed by atoms with Crippen LogP contribution in [0.3, 0.4) is 0 Å². The molecule has 0 aliphatic carbocycles. The van der Waals surface area contributed by atoms with E-state index in [1.165, 1.54) is 19.6 Å². The topological polar surface area (TPSA) is 15.3 Å². The largest absolute Gasteiger partial charge is 0.316 e. The molecule has 0 saturated carbocycles. The van der Waals surface area contributed by atoms with E-state index in [2.05, 4.69) is 42.7 Å². The third-order valence-corrected chi connectivity index (χ3v) is 3.75. The molecule has 1 fully saturated rings. The number of hydrogen-bond donors (Lipinski definition) is 1. The second-order valence-electron chi connectivity index (χ2n) is 4.17. The molecule has 1 N–H and O–H groups in total. The van der Waals surface area contributed by atoms with Crippen molar-refractivity contribution in [1.82, 2.24) is 10.2 Å². The fourth-order valence-corrected chi connectivity index (χ4v) is 3.30. The van der Waals surface area contributed by atoms with E-state index in [0.717, 1.165) is 10.5 Å². The fourth-order valence-electron chi connectivity index (χ4n) is 1.91. The van der Waals surface area contributed by atoms with Gasteiger partial charge in [-0.05, 0) is 14.0 Å². The smallest absolute Gasteiger partial charge is 0.0163 e. The SMILES string of the molecule is CN[C@@H](C)CN1CC(C)SC(C)C1. The van der Waals surface area contributed by atoms with Crippen LogP contribution >= 0.6 is 11.8 Å².